The first-order chi connectivity index (χ1) is 14.1. The van der Waals surface area contributed by atoms with Gasteiger partial charge in [-0.3, -0.25) is 0 Å². The van der Waals surface area contributed by atoms with E-state index in [9.17, 15) is 0 Å². The van der Waals surface area contributed by atoms with E-state index in [1.54, 1.807) is 11.3 Å². The summed E-state index contributed by atoms with van der Waals surface area (Å²) in [6.45, 7) is 8.24. The van der Waals surface area contributed by atoms with Gasteiger partial charge in [0.05, 0.1) is 17.7 Å². The van der Waals surface area contributed by atoms with Crippen molar-refractivity contribution in [2.45, 2.75) is 40.3 Å². The summed E-state index contributed by atoms with van der Waals surface area (Å²) >= 11 is 1.71. The molecule has 0 amide bonds. The molecule has 29 heavy (non-hydrogen) atoms. The van der Waals surface area contributed by atoms with Crippen molar-refractivity contribution in [3.8, 4) is 11.3 Å². The van der Waals surface area contributed by atoms with E-state index in [2.05, 4.69) is 82.7 Å². The van der Waals surface area contributed by atoms with Crippen molar-refractivity contribution < 1.29 is 0 Å². The van der Waals surface area contributed by atoms with Gasteiger partial charge in [0, 0.05) is 30.9 Å². The molecule has 5 heteroatoms. The molecule has 148 valence electrons. The van der Waals surface area contributed by atoms with Crippen LogP contribution in [0.5, 0.6) is 0 Å². The quantitative estimate of drug-likeness (QED) is 0.410. The van der Waals surface area contributed by atoms with E-state index in [4.69, 9.17) is 4.99 Å². The second-order valence-corrected chi connectivity index (χ2v) is 8.26. The van der Waals surface area contributed by atoms with Gasteiger partial charge in [-0.1, -0.05) is 48.0 Å². The Morgan fingerprint density at radius 2 is 1.72 bits per heavy atom. The largest absolute Gasteiger partial charge is 0.337 e. The van der Waals surface area contributed by atoms with Crippen LogP contribution in [0.1, 0.15) is 23.1 Å². The molecule has 0 unspecified atom stereocenters. The molecule has 4 rings (SSSR count). The summed E-state index contributed by atoms with van der Waals surface area (Å²) in [5.41, 5.74) is 7.23. The summed E-state index contributed by atoms with van der Waals surface area (Å²) in [6.07, 6.45) is 6.74. The van der Waals surface area contributed by atoms with E-state index in [0.717, 1.165) is 30.0 Å². The predicted molar refractivity (Wildman–Crippen MR) is 120 cm³/mol. The van der Waals surface area contributed by atoms with Gasteiger partial charge in [-0.25, -0.2) is 9.98 Å². The third-order valence-corrected chi connectivity index (χ3v) is 6.01. The van der Waals surface area contributed by atoms with Crippen molar-refractivity contribution >= 4 is 17.0 Å². The zero-order valence-corrected chi connectivity index (χ0v) is 18.0. The standard InChI is InChI=1S/C24H26N4S/c1-18-8-10-21(11-9-18)22-16-29-24(26-23-19(2)6-4-7-20(23)3)28(22)14-5-13-27-15-12-25-17-27/h4,6-12,15-17H,5,13-14H2,1-3H3. The van der Waals surface area contributed by atoms with Crippen LogP contribution in [0, 0.1) is 20.8 Å². The fourth-order valence-corrected chi connectivity index (χ4v) is 4.44. The molecule has 4 aromatic rings. The maximum atomic E-state index is 5.08. The Hall–Kier alpha value is -2.92. The van der Waals surface area contributed by atoms with Crippen molar-refractivity contribution in [1.29, 1.82) is 0 Å². The fourth-order valence-electron chi connectivity index (χ4n) is 3.50. The summed E-state index contributed by atoms with van der Waals surface area (Å²) in [5, 5.41) is 2.23. The first-order valence-electron chi connectivity index (χ1n) is 9.94. The van der Waals surface area contributed by atoms with Gasteiger partial charge in [-0.2, -0.15) is 0 Å². The normalized spacial score (nSPS) is 11.9. The summed E-state index contributed by atoms with van der Waals surface area (Å²) in [5.74, 6) is 0. The van der Waals surface area contributed by atoms with Gasteiger partial charge in [-0.15, -0.1) is 11.3 Å². The predicted octanol–water partition coefficient (Wildman–Crippen LogP) is 5.66. The van der Waals surface area contributed by atoms with E-state index < -0.39 is 0 Å². The van der Waals surface area contributed by atoms with Gasteiger partial charge < -0.3 is 9.13 Å². The van der Waals surface area contributed by atoms with Crippen molar-refractivity contribution in [2.75, 3.05) is 0 Å². The molecule has 0 aliphatic carbocycles. The van der Waals surface area contributed by atoms with Gasteiger partial charge in [0.2, 0.25) is 0 Å². The van der Waals surface area contributed by atoms with Crippen molar-refractivity contribution in [3.63, 3.8) is 0 Å². The van der Waals surface area contributed by atoms with Crippen molar-refractivity contribution in [2.24, 2.45) is 4.99 Å². The van der Waals surface area contributed by atoms with E-state index >= 15 is 0 Å². The summed E-state index contributed by atoms with van der Waals surface area (Å²) in [7, 11) is 0. The molecule has 0 N–H and O–H groups in total. The molecule has 2 aromatic carbocycles. The van der Waals surface area contributed by atoms with E-state index in [-0.39, 0.29) is 0 Å². The first-order valence-corrected chi connectivity index (χ1v) is 10.8. The maximum Gasteiger partial charge on any atom is 0.190 e. The summed E-state index contributed by atoms with van der Waals surface area (Å²) in [4.78, 5) is 10.3. The molecule has 4 nitrogen and oxygen atoms in total. The molecule has 0 atom stereocenters. The molecular formula is C24H26N4S. The van der Waals surface area contributed by atoms with Crippen molar-refractivity contribution in [1.82, 2.24) is 14.1 Å². The second-order valence-electron chi connectivity index (χ2n) is 7.43. The lowest BCUT2D eigenvalue weighted by atomic mass is 10.1. The van der Waals surface area contributed by atoms with E-state index in [1.165, 1.54) is 27.9 Å². The molecule has 0 aliphatic heterocycles. The Bertz CT molecular complexity index is 1130. The van der Waals surface area contributed by atoms with Crippen LogP contribution < -0.4 is 4.80 Å². The van der Waals surface area contributed by atoms with Gasteiger partial charge in [0.25, 0.3) is 0 Å². The van der Waals surface area contributed by atoms with Crippen LogP contribution in [0.4, 0.5) is 5.69 Å². The number of imidazole rings is 1. The zero-order chi connectivity index (χ0) is 20.2. The lowest BCUT2D eigenvalue weighted by Gasteiger charge is -2.11. The van der Waals surface area contributed by atoms with Gasteiger partial charge in [0.15, 0.2) is 4.80 Å². The first kappa shape index (κ1) is 19.4. The maximum absolute atomic E-state index is 5.08. The van der Waals surface area contributed by atoms with Crippen molar-refractivity contribution in [3.05, 3.63) is 88.1 Å². The molecule has 0 radical (unpaired) electrons. The number of thiazole rings is 1. The number of benzene rings is 2. The Labute approximate surface area is 175 Å². The average Bonchev–Trinajstić information content (AvgIpc) is 3.36. The third kappa shape index (κ3) is 4.40. The molecule has 2 heterocycles. The Balaban J connectivity index is 1.74. The third-order valence-electron chi connectivity index (χ3n) is 5.15. The summed E-state index contributed by atoms with van der Waals surface area (Å²) < 4.78 is 4.49. The van der Waals surface area contributed by atoms with Crippen LogP contribution >= 0.6 is 11.3 Å². The molecule has 0 saturated heterocycles. The second kappa shape index (κ2) is 8.62. The van der Waals surface area contributed by atoms with Crippen LogP contribution in [0.15, 0.2) is 71.6 Å². The van der Waals surface area contributed by atoms with Crippen LogP contribution in [0.25, 0.3) is 11.3 Å². The zero-order valence-electron chi connectivity index (χ0n) is 17.2. The highest BCUT2D eigenvalue weighted by atomic mass is 32.1. The van der Waals surface area contributed by atoms with E-state index in [0.29, 0.717) is 0 Å². The van der Waals surface area contributed by atoms with Gasteiger partial charge in [0.1, 0.15) is 0 Å². The number of hydrogen-bond acceptors (Lipinski definition) is 3. The minimum Gasteiger partial charge on any atom is -0.337 e. The summed E-state index contributed by atoms with van der Waals surface area (Å²) in [6, 6.07) is 15.1. The Morgan fingerprint density at radius 3 is 2.41 bits per heavy atom. The van der Waals surface area contributed by atoms with Gasteiger partial charge in [-0.05, 0) is 43.9 Å². The van der Waals surface area contributed by atoms with Crippen LogP contribution in [-0.4, -0.2) is 14.1 Å². The highest BCUT2D eigenvalue weighted by molar-refractivity contribution is 7.07. The number of aromatic nitrogens is 3. The fraction of sp³-hybridized carbons (Fsp3) is 0.250. The van der Waals surface area contributed by atoms with Crippen LogP contribution in [-0.2, 0) is 13.1 Å². The minimum absolute atomic E-state index is 0.911. The van der Waals surface area contributed by atoms with Crippen LogP contribution in [0.2, 0.25) is 0 Å². The average molecular weight is 403 g/mol. The smallest absolute Gasteiger partial charge is 0.190 e. The molecule has 0 bridgehead atoms. The van der Waals surface area contributed by atoms with Gasteiger partial charge >= 0.3 is 0 Å². The molecule has 0 spiro atoms. The molecular weight excluding hydrogens is 376 g/mol. The highest BCUT2D eigenvalue weighted by Gasteiger charge is 2.09. The Morgan fingerprint density at radius 1 is 0.966 bits per heavy atom. The molecule has 0 aliphatic rings. The van der Waals surface area contributed by atoms with E-state index in [1.807, 2.05) is 18.7 Å². The topological polar surface area (TPSA) is 35.1 Å². The lowest BCUT2D eigenvalue weighted by Crippen LogP contribution is -2.17. The highest BCUT2D eigenvalue weighted by Crippen LogP contribution is 2.25. The van der Waals surface area contributed by atoms with Crippen LogP contribution in [0.3, 0.4) is 0 Å². The SMILES string of the molecule is Cc1ccc(-c2csc(=Nc3c(C)cccc3C)n2CCCn2ccnc2)cc1. The number of aryl methyl sites for hydroxylation is 4. The monoisotopic (exact) mass is 402 g/mol. The number of hydrogen-bond donors (Lipinski definition) is 0. The molecule has 0 saturated carbocycles. The number of para-hydroxylation sites is 1. The Kier molecular flexibility index (Phi) is 5.76. The lowest BCUT2D eigenvalue weighted by molar-refractivity contribution is 0.559. The molecule has 0 fully saturated rings. The number of nitrogens with zero attached hydrogens (tertiary/aromatic N) is 4. The minimum atomic E-state index is 0.911. The number of rotatable bonds is 6. The molecule has 2 aromatic heterocycles.